The van der Waals surface area contributed by atoms with Gasteiger partial charge in [-0.25, -0.2) is 4.98 Å². The predicted molar refractivity (Wildman–Crippen MR) is 121 cm³/mol. The van der Waals surface area contributed by atoms with Crippen molar-refractivity contribution in [3.05, 3.63) is 46.5 Å². The molecule has 0 saturated carbocycles. The lowest BCUT2D eigenvalue weighted by Crippen LogP contribution is -3.11. The molecule has 1 atom stereocenters. The van der Waals surface area contributed by atoms with Crippen molar-refractivity contribution in [3.8, 4) is 0 Å². The van der Waals surface area contributed by atoms with E-state index >= 15 is 0 Å². The van der Waals surface area contributed by atoms with E-state index < -0.39 is 0 Å². The smallest absolute Gasteiger partial charge is 0.284 e. The Morgan fingerprint density at radius 3 is 2.50 bits per heavy atom. The van der Waals surface area contributed by atoms with Crippen molar-refractivity contribution >= 4 is 28.3 Å². The summed E-state index contributed by atoms with van der Waals surface area (Å²) in [6.45, 7) is 6.87. The Balaban J connectivity index is 1.73. The van der Waals surface area contributed by atoms with Gasteiger partial charge in [0.05, 0.1) is 19.3 Å². The van der Waals surface area contributed by atoms with E-state index in [1.165, 1.54) is 17.7 Å². The quantitative estimate of drug-likeness (QED) is 0.707. The Kier molecular flexibility index (Phi) is 7.26. The van der Waals surface area contributed by atoms with Gasteiger partial charge in [-0.1, -0.05) is 30.3 Å². The van der Waals surface area contributed by atoms with Crippen LogP contribution < -0.4 is 15.1 Å². The maximum Gasteiger partial charge on any atom is 0.284 e. The van der Waals surface area contributed by atoms with Crippen LogP contribution in [0.3, 0.4) is 0 Å². The summed E-state index contributed by atoms with van der Waals surface area (Å²) in [5.41, 5.74) is 1.94. The highest BCUT2D eigenvalue weighted by Crippen LogP contribution is 2.32. The molecule has 1 aromatic heterocycles. The number of hydrogen-bond donors (Lipinski definition) is 2. The molecule has 1 unspecified atom stereocenters. The summed E-state index contributed by atoms with van der Waals surface area (Å²) in [4.78, 5) is 34.3. The van der Waals surface area contributed by atoms with E-state index in [4.69, 9.17) is 4.98 Å². The maximum atomic E-state index is 13.3. The molecule has 3 rings (SSSR count). The van der Waals surface area contributed by atoms with Gasteiger partial charge >= 0.3 is 0 Å². The molecule has 0 radical (unpaired) electrons. The number of nitrogens with one attached hydrogen (secondary N) is 2. The lowest BCUT2D eigenvalue weighted by molar-refractivity contribution is -0.862. The number of carbonyl (C=O) groups is 2. The van der Waals surface area contributed by atoms with Crippen molar-refractivity contribution in [2.24, 2.45) is 0 Å². The summed E-state index contributed by atoms with van der Waals surface area (Å²) in [7, 11) is 1.88. The van der Waals surface area contributed by atoms with Crippen molar-refractivity contribution in [3.63, 3.8) is 0 Å². The van der Waals surface area contributed by atoms with Crippen LogP contribution in [-0.4, -0.2) is 42.5 Å². The second-order valence-electron chi connectivity index (χ2n) is 9.15. The second kappa shape index (κ2) is 9.71. The van der Waals surface area contributed by atoms with Gasteiger partial charge in [0.2, 0.25) is 0 Å². The highest BCUT2D eigenvalue weighted by atomic mass is 32.1. The minimum Gasteiger partial charge on any atom is -0.347 e. The molecule has 0 fully saturated rings. The summed E-state index contributed by atoms with van der Waals surface area (Å²) >= 11 is 1.65. The van der Waals surface area contributed by atoms with Crippen LogP contribution in [0.4, 0.5) is 5.13 Å². The fourth-order valence-electron chi connectivity index (χ4n) is 3.63. The maximum absolute atomic E-state index is 13.3. The molecule has 30 heavy (non-hydrogen) atoms. The summed E-state index contributed by atoms with van der Waals surface area (Å²) < 4.78 is 0. The summed E-state index contributed by atoms with van der Waals surface area (Å²) in [5.74, 6) is -0.0573. The van der Waals surface area contributed by atoms with E-state index in [2.05, 4.69) is 5.32 Å². The third-order valence-corrected chi connectivity index (χ3v) is 6.16. The Morgan fingerprint density at radius 2 is 1.83 bits per heavy atom. The van der Waals surface area contributed by atoms with Crippen LogP contribution in [0.1, 0.15) is 49.7 Å². The number of nitrogens with zero attached hydrogens (tertiary/aromatic N) is 2. The monoisotopic (exact) mass is 429 g/mol. The van der Waals surface area contributed by atoms with E-state index in [-0.39, 0.29) is 30.4 Å². The second-order valence-corrected chi connectivity index (χ2v) is 10.2. The number of rotatable bonds is 7. The first-order valence-corrected chi connectivity index (χ1v) is 11.5. The van der Waals surface area contributed by atoms with Gasteiger partial charge in [-0.05, 0) is 52.0 Å². The minimum absolute atomic E-state index is 0.00833. The molecule has 0 saturated heterocycles. The molecule has 0 bridgehead atoms. The Labute approximate surface area is 183 Å². The molecule has 2 aromatic rings. The van der Waals surface area contributed by atoms with Crippen molar-refractivity contribution in [2.45, 2.75) is 58.5 Å². The molecule has 1 aliphatic carbocycles. The molecule has 1 heterocycles. The standard InChI is InChI=1S/C23H32N4O2S/c1-23(2,3)25-20(28)15-26(4)16-21(29)27(14-17-10-6-5-7-11-17)22-24-18-12-8-9-13-19(18)30-22/h5-7,10-11H,8-9,12-16H2,1-4H3,(H,25,28)/p+1. The average molecular weight is 430 g/mol. The van der Waals surface area contributed by atoms with Gasteiger partial charge < -0.3 is 10.2 Å². The minimum atomic E-state index is -0.277. The van der Waals surface area contributed by atoms with Crippen LogP contribution in [0, 0.1) is 0 Å². The predicted octanol–water partition coefficient (Wildman–Crippen LogP) is 1.98. The van der Waals surface area contributed by atoms with E-state index in [0.717, 1.165) is 34.1 Å². The Hall–Kier alpha value is -2.25. The normalized spacial score (nSPS) is 14.7. The van der Waals surface area contributed by atoms with E-state index in [0.29, 0.717) is 6.54 Å². The number of hydrogen-bond acceptors (Lipinski definition) is 4. The first kappa shape index (κ1) is 22.4. The highest BCUT2D eigenvalue weighted by Gasteiger charge is 2.26. The molecule has 162 valence electrons. The number of quaternary nitrogens is 1. The van der Waals surface area contributed by atoms with Gasteiger partial charge in [0.25, 0.3) is 11.8 Å². The third-order valence-electron chi connectivity index (χ3n) is 4.98. The van der Waals surface area contributed by atoms with Crippen molar-refractivity contribution in [1.82, 2.24) is 10.3 Å². The van der Waals surface area contributed by atoms with Crippen molar-refractivity contribution in [2.75, 3.05) is 25.0 Å². The van der Waals surface area contributed by atoms with Gasteiger partial charge in [-0.2, -0.15) is 0 Å². The number of benzene rings is 1. The summed E-state index contributed by atoms with van der Waals surface area (Å²) in [5, 5.41) is 3.74. The molecule has 6 nitrogen and oxygen atoms in total. The number of thiazole rings is 1. The molecule has 2 amide bonds. The first-order valence-electron chi connectivity index (χ1n) is 10.7. The largest absolute Gasteiger partial charge is 0.347 e. The lowest BCUT2D eigenvalue weighted by Gasteiger charge is -2.24. The number of fused-ring (bicyclic) bond motifs is 1. The Bertz CT molecular complexity index is 850. The molecule has 2 N–H and O–H groups in total. The number of aromatic nitrogens is 1. The van der Waals surface area contributed by atoms with Crippen LogP contribution in [0.2, 0.25) is 0 Å². The third kappa shape index (κ3) is 6.37. The molecule has 7 heteroatoms. The van der Waals surface area contributed by atoms with Crippen LogP contribution >= 0.6 is 11.3 Å². The van der Waals surface area contributed by atoms with Crippen LogP contribution in [0.15, 0.2) is 30.3 Å². The van der Waals surface area contributed by atoms with Gasteiger partial charge in [-0.15, -0.1) is 11.3 Å². The molecule has 0 spiro atoms. The summed E-state index contributed by atoms with van der Waals surface area (Å²) in [6, 6.07) is 10.0. The highest BCUT2D eigenvalue weighted by molar-refractivity contribution is 7.15. The molecule has 1 aromatic carbocycles. The zero-order valence-electron chi connectivity index (χ0n) is 18.5. The molecular formula is C23H33N4O2S+. The van der Waals surface area contributed by atoms with Gasteiger partial charge in [0, 0.05) is 10.4 Å². The molecule has 1 aliphatic rings. The van der Waals surface area contributed by atoms with Crippen molar-refractivity contribution < 1.29 is 14.5 Å². The van der Waals surface area contributed by atoms with E-state index in [1.807, 2.05) is 58.2 Å². The van der Waals surface area contributed by atoms with Crippen LogP contribution in [0.5, 0.6) is 0 Å². The number of likely N-dealkylation sites (N-methyl/N-ethyl adjacent to an activating group) is 1. The van der Waals surface area contributed by atoms with Crippen LogP contribution in [0.25, 0.3) is 0 Å². The zero-order valence-corrected chi connectivity index (χ0v) is 19.3. The number of aryl methyl sites for hydroxylation is 2. The number of carbonyl (C=O) groups excluding carboxylic acids is 2. The van der Waals surface area contributed by atoms with E-state index in [1.54, 1.807) is 16.2 Å². The van der Waals surface area contributed by atoms with Crippen LogP contribution in [-0.2, 0) is 29.0 Å². The van der Waals surface area contributed by atoms with Gasteiger partial charge in [0.15, 0.2) is 18.2 Å². The van der Waals surface area contributed by atoms with Gasteiger partial charge in [-0.3, -0.25) is 14.5 Å². The van der Waals surface area contributed by atoms with E-state index in [9.17, 15) is 9.59 Å². The molecule has 0 aliphatic heterocycles. The number of anilines is 1. The fourth-order valence-corrected chi connectivity index (χ4v) is 4.80. The SMILES string of the molecule is C[NH+](CC(=O)NC(C)(C)C)CC(=O)N(Cc1ccccc1)c1nc2c(s1)CCCC2. The average Bonchev–Trinajstić information content (AvgIpc) is 3.08. The van der Waals surface area contributed by atoms with Gasteiger partial charge in [0.1, 0.15) is 0 Å². The fraction of sp³-hybridized carbons (Fsp3) is 0.522. The Morgan fingerprint density at radius 1 is 1.13 bits per heavy atom. The summed E-state index contributed by atoms with van der Waals surface area (Å²) in [6.07, 6.45) is 4.41. The van der Waals surface area contributed by atoms with Crippen molar-refractivity contribution in [1.29, 1.82) is 0 Å². The first-order chi connectivity index (χ1) is 14.2. The zero-order chi connectivity index (χ0) is 21.7. The number of amides is 2. The lowest BCUT2D eigenvalue weighted by atomic mass is 10.0. The topological polar surface area (TPSA) is 66.7 Å². The molecular weight excluding hydrogens is 396 g/mol.